The number of rotatable bonds is 13. The molecule has 1 N–H and O–H groups in total. The summed E-state index contributed by atoms with van der Waals surface area (Å²) in [6, 6.07) is 42.9. The Morgan fingerprint density at radius 3 is 1.62 bits per heavy atom. The Hall–Kier alpha value is -7.24. The van der Waals surface area contributed by atoms with E-state index in [0.717, 1.165) is 16.7 Å². The van der Waals surface area contributed by atoms with Crippen LogP contribution in [0.2, 0.25) is 0 Å². The van der Waals surface area contributed by atoms with E-state index < -0.39 is 70.4 Å². The van der Waals surface area contributed by atoms with Crippen LogP contribution in [0.4, 0.5) is 4.79 Å². The van der Waals surface area contributed by atoms with Crippen LogP contribution in [0, 0.1) is 11.5 Å². The molecule has 0 saturated carbocycles. The summed E-state index contributed by atoms with van der Waals surface area (Å²) in [4.78, 5) is 76.9. The lowest BCUT2D eigenvalue weighted by Gasteiger charge is -2.41. The van der Waals surface area contributed by atoms with Gasteiger partial charge in [-0.3, -0.25) is 24.3 Å². The number of nitriles is 1. The van der Waals surface area contributed by atoms with E-state index in [9.17, 15) is 29.2 Å². The van der Waals surface area contributed by atoms with E-state index in [-0.39, 0.29) is 13.1 Å². The molecule has 4 amide bonds. The van der Waals surface area contributed by atoms with E-state index in [0.29, 0.717) is 27.8 Å². The highest BCUT2D eigenvalue weighted by Crippen LogP contribution is 2.51. The number of carbonyl (C=O) groups excluding carboxylic acids is 5. The van der Waals surface area contributed by atoms with Crippen molar-refractivity contribution in [3.63, 3.8) is 0 Å². The number of hydrogen-bond donors (Lipinski definition) is 1. The molecule has 2 unspecified atom stereocenters. The van der Waals surface area contributed by atoms with Crippen LogP contribution in [-0.2, 0) is 28.7 Å². The maximum absolute atomic E-state index is 14.8. The van der Waals surface area contributed by atoms with Gasteiger partial charge in [0.2, 0.25) is 16.7 Å². The predicted octanol–water partition coefficient (Wildman–Crippen LogP) is 5.78. The molecule has 5 aromatic carbocycles. The van der Waals surface area contributed by atoms with Gasteiger partial charge in [0.1, 0.15) is 11.4 Å². The van der Waals surface area contributed by atoms with Gasteiger partial charge in [0.25, 0.3) is 0 Å². The predicted molar refractivity (Wildman–Crippen MR) is 221 cm³/mol. The number of carbonyl (C=O) groups is 5. The zero-order chi connectivity index (χ0) is 41.8. The fraction of sp³-hybridized carbons (Fsp3) is 0.196. The molecular formula is C46H38N6O7S. The Bertz CT molecular complexity index is 2360. The van der Waals surface area contributed by atoms with E-state index in [1.165, 1.54) is 9.80 Å². The second kappa shape index (κ2) is 16.9. The van der Waals surface area contributed by atoms with E-state index in [1.807, 2.05) is 128 Å². The third-order valence-electron chi connectivity index (χ3n) is 10.8. The molecule has 0 radical (unpaired) electrons. The van der Waals surface area contributed by atoms with E-state index in [1.54, 1.807) is 30.3 Å². The molecule has 13 nitrogen and oxygen atoms in total. The van der Waals surface area contributed by atoms with Gasteiger partial charge in [-0.2, -0.15) is 5.26 Å². The summed E-state index contributed by atoms with van der Waals surface area (Å²) < 4.78 is 12.5. The second-order valence-corrected chi connectivity index (χ2v) is 15.8. The number of nitrogens with one attached hydrogen (secondary N) is 1. The average molecular weight is 819 g/mol. The second-order valence-electron chi connectivity index (χ2n) is 14.4. The fourth-order valence-electron chi connectivity index (χ4n) is 7.76. The Balaban J connectivity index is 1.09. The molecule has 60 heavy (non-hydrogen) atoms. The number of hydrogen-bond acceptors (Lipinski definition) is 10. The number of aliphatic imine (C=N–C) groups is 1. The summed E-state index contributed by atoms with van der Waals surface area (Å²) in [5.41, 5.74) is 3.06. The highest BCUT2D eigenvalue weighted by Gasteiger charge is 2.68. The molecule has 3 heterocycles. The van der Waals surface area contributed by atoms with Crippen molar-refractivity contribution in [3.05, 3.63) is 179 Å². The third-order valence-corrected chi connectivity index (χ3v) is 12.5. The normalized spacial score (nSPS) is 21.1. The van der Waals surface area contributed by atoms with E-state index >= 15 is 0 Å². The minimum atomic E-state index is -1.87. The maximum atomic E-state index is 14.8. The fourth-order valence-corrected chi connectivity index (χ4v) is 9.42. The third kappa shape index (κ3) is 7.35. The number of thioether (sulfide) groups is 1. The number of ether oxygens (including phenoxy) is 2. The molecule has 0 spiro atoms. The summed E-state index contributed by atoms with van der Waals surface area (Å²) in [7, 11) is 0. The van der Waals surface area contributed by atoms with Crippen LogP contribution in [0.25, 0.3) is 0 Å². The van der Waals surface area contributed by atoms with Crippen LogP contribution in [0.15, 0.2) is 157 Å². The van der Waals surface area contributed by atoms with Gasteiger partial charge in [-0.25, -0.2) is 14.5 Å². The molecule has 0 aromatic heterocycles. The summed E-state index contributed by atoms with van der Waals surface area (Å²) >= 11 is 0.956. The maximum Gasteiger partial charge on any atom is 0.345 e. The number of β-lactam (4-membered cyclic amide) rings is 1. The van der Waals surface area contributed by atoms with Crippen molar-refractivity contribution in [1.29, 1.82) is 5.26 Å². The highest BCUT2D eigenvalue weighted by atomic mass is 32.2. The number of urea groups is 1. The molecule has 8 rings (SSSR count). The number of esters is 2. The van der Waals surface area contributed by atoms with Crippen molar-refractivity contribution in [2.24, 2.45) is 4.99 Å². The zero-order valence-corrected chi connectivity index (χ0v) is 32.8. The number of amides is 4. The van der Waals surface area contributed by atoms with Crippen molar-refractivity contribution in [3.8, 4) is 6.19 Å². The summed E-state index contributed by atoms with van der Waals surface area (Å²) in [6.07, 6.45) is -0.904. The molecule has 5 atom stereocenters. The molecule has 3 aliphatic rings. The molecule has 0 aliphatic carbocycles. The van der Waals surface area contributed by atoms with Gasteiger partial charge < -0.3 is 19.7 Å². The van der Waals surface area contributed by atoms with Crippen molar-refractivity contribution in [2.75, 3.05) is 13.1 Å². The van der Waals surface area contributed by atoms with Crippen LogP contribution in [0.5, 0.6) is 0 Å². The van der Waals surface area contributed by atoms with Gasteiger partial charge in [-0.15, -0.1) is 0 Å². The quantitative estimate of drug-likeness (QED) is 0.0511. The lowest BCUT2D eigenvalue weighted by Crippen LogP contribution is -2.68. The minimum Gasteiger partial charge on any atom is -0.452 e. The zero-order valence-electron chi connectivity index (χ0n) is 32.0. The Morgan fingerprint density at radius 2 is 1.18 bits per heavy atom. The first-order chi connectivity index (χ1) is 29.2. The average Bonchev–Trinajstić information content (AvgIpc) is 3.83. The smallest absolute Gasteiger partial charge is 0.345 e. The van der Waals surface area contributed by atoms with Gasteiger partial charge in [0, 0.05) is 0 Å². The van der Waals surface area contributed by atoms with Crippen molar-refractivity contribution in [2.45, 2.75) is 40.6 Å². The SMILES string of the molecule is C=NC1CN([C@]2(C(=O)OC(c3ccccc3)c3ccccc3)CN3C(=O)[C@@H](NC(=O)C(C(=O)OC(c4ccccc4)c4ccccc4)c4ccccc4)[C@H]3S2)C(=O)N1C#N. The Morgan fingerprint density at radius 1 is 0.733 bits per heavy atom. The van der Waals surface area contributed by atoms with Gasteiger partial charge in [0.05, 0.1) is 13.1 Å². The monoisotopic (exact) mass is 818 g/mol. The largest absolute Gasteiger partial charge is 0.452 e. The molecule has 300 valence electrons. The summed E-state index contributed by atoms with van der Waals surface area (Å²) in [6.45, 7) is 3.04. The van der Waals surface area contributed by atoms with Gasteiger partial charge in [0.15, 0.2) is 30.5 Å². The molecule has 0 bridgehead atoms. The van der Waals surface area contributed by atoms with Crippen LogP contribution in [0.3, 0.4) is 0 Å². The van der Waals surface area contributed by atoms with Gasteiger partial charge in [-0.05, 0) is 34.5 Å². The molecular weight excluding hydrogens is 781 g/mol. The Labute approximate surface area is 350 Å². The standard InChI is InChI=1S/C46H38N6O7S/c1-48-35-27-52(45(57)51(35)29-47)46(44(56)59-39(33-23-13-5-14-24-33)34-25-15-6-16-26-34)28-50-41(54)37(42(50)60-46)49-40(53)36(30-17-7-2-8-18-30)43(55)58-38(31-19-9-3-10-20-31)32-21-11-4-12-22-32/h2-26,35-39,42H,1,27-28H2,(H,49,53)/t35?,36?,37-,42-,46-/m1/s1. The molecule has 14 heteroatoms. The minimum absolute atomic E-state index is 0.197. The summed E-state index contributed by atoms with van der Waals surface area (Å²) in [5.74, 6) is -4.49. The van der Waals surface area contributed by atoms with E-state index in [2.05, 4.69) is 17.0 Å². The van der Waals surface area contributed by atoms with E-state index in [4.69, 9.17) is 9.47 Å². The van der Waals surface area contributed by atoms with Crippen molar-refractivity contribution in [1.82, 2.24) is 20.0 Å². The first-order valence-electron chi connectivity index (χ1n) is 19.2. The van der Waals surface area contributed by atoms with Crippen molar-refractivity contribution >= 4 is 48.3 Å². The van der Waals surface area contributed by atoms with Crippen LogP contribution in [-0.4, -0.2) is 86.7 Å². The summed E-state index contributed by atoms with van der Waals surface area (Å²) in [5, 5.41) is 11.8. The van der Waals surface area contributed by atoms with Crippen LogP contribution in [0.1, 0.15) is 45.9 Å². The van der Waals surface area contributed by atoms with Gasteiger partial charge >= 0.3 is 18.0 Å². The van der Waals surface area contributed by atoms with Gasteiger partial charge in [-0.1, -0.05) is 163 Å². The molecule has 3 saturated heterocycles. The number of fused-ring (bicyclic) bond motifs is 1. The molecule has 3 aliphatic heterocycles. The Kier molecular flexibility index (Phi) is 11.2. The lowest BCUT2D eigenvalue weighted by molar-refractivity contribution is -0.159. The van der Waals surface area contributed by atoms with Crippen LogP contribution < -0.4 is 5.32 Å². The first-order valence-corrected chi connectivity index (χ1v) is 20.0. The molecule has 5 aromatic rings. The highest BCUT2D eigenvalue weighted by molar-refractivity contribution is 8.02. The first kappa shape index (κ1) is 39.6. The van der Waals surface area contributed by atoms with Crippen molar-refractivity contribution < 1.29 is 33.4 Å². The lowest BCUT2D eigenvalue weighted by atomic mass is 9.96. The number of nitrogens with zero attached hydrogens (tertiary/aromatic N) is 5. The number of benzene rings is 5. The molecule has 3 fully saturated rings. The topological polar surface area (TPSA) is 162 Å². The van der Waals surface area contributed by atoms with Crippen LogP contribution >= 0.6 is 11.8 Å².